The van der Waals surface area contributed by atoms with Crippen molar-refractivity contribution in [1.82, 2.24) is 24.2 Å². The first kappa shape index (κ1) is 31.8. The second kappa shape index (κ2) is 13.4. The second-order valence-corrected chi connectivity index (χ2v) is 13.0. The van der Waals surface area contributed by atoms with E-state index in [4.69, 9.17) is 32.9 Å². The van der Waals surface area contributed by atoms with Crippen LogP contribution in [0.5, 0.6) is 5.88 Å². The van der Waals surface area contributed by atoms with E-state index in [1.165, 1.54) is 0 Å². The van der Waals surface area contributed by atoms with Crippen molar-refractivity contribution in [3.8, 4) is 39.4 Å². The topological polar surface area (TPSA) is 103 Å². The molecule has 0 amide bonds. The van der Waals surface area contributed by atoms with Crippen molar-refractivity contribution < 1.29 is 14.9 Å². The first-order valence-corrected chi connectivity index (χ1v) is 16.5. The third-order valence-corrected chi connectivity index (χ3v) is 9.89. The van der Waals surface area contributed by atoms with E-state index in [1.54, 1.807) is 23.9 Å². The largest absolute Gasteiger partial charge is 0.481 e. The normalized spacial score (nSPS) is 18.7. The fourth-order valence-corrected chi connectivity index (χ4v) is 7.26. The van der Waals surface area contributed by atoms with Gasteiger partial charge in [-0.2, -0.15) is 0 Å². The molecule has 0 spiro atoms. The van der Waals surface area contributed by atoms with E-state index in [0.29, 0.717) is 65.4 Å². The molecule has 0 bridgehead atoms. The van der Waals surface area contributed by atoms with Gasteiger partial charge in [0.25, 0.3) is 5.56 Å². The fourth-order valence-electron chi connectivity index (χ4n) is 6.60. The van der Waals surface area contributed by atoms with Crippen LogP contribution in [0.1, 0.15) is 24.0 Å². The van der Waals surface area contributed by atoms with Crippen LogP contribution in [-0.2, 0) is 13.1 Å². The number of pyridine rings is 2. The fraction of sp³-hybridized carbons (Fsp3) is 0.306. The molecule has 2 atom stereocenters. The van der Waals surface area contributed by atoms with Crippen LogP contribution in [-0.4, -0.2) is 79.9 Å². The Hall–Kier alpha value is -3.83. The molecule has 2 saturated heterocycles. The standard InChI is InChI=1S/C36H35Cl2N5O4/c1-47-35-23(18-41-13-11-25(44)20-41)8-9-31(40-35)30-7-3-6-29(34(30)38)28-5-2-4-27(33(28)37)22-10-15-43-32(16-22)39-17-24(36(43)46)19-42-14-12-26(45)21-42/h2-10,15-17,25-26,44-45H,11-14,18-21H2,1H3/t25-,26-/m1/s1. The minimum absolute atomic E-state index is 0.125. The predicted octanol–water partition coefficient (Wildman–Crippen LogP) is 5.54. The molecule has 11 heteroatoms. The van der Waals surface area contributed by atoms with Crippen molar-refractivity contribution in [1.29, 1.82) is 0 Å². The van der Waals surface area contributed by atoms with Gasteiger partial charge in [-0.1, -0.05) is 65.7 Å². The monoisotopic (exact) mass is 671 g/mol. The maximum Gasteiger partial charge on any atom is 0.262 e. The molecule has 0 saturated carbocycles. The van der Waals surface area contributed by atoms with Crippen LogP contribution in [0.15, 0.2) is 77.9 Å². The number of fused-ring (bicyclic) bond motifs is 1. The van der Waals surface area contributed by atoms with Crippen molar-refractivity contribution in [3.63, 3.8) is 0 Å². The van der Waals surface area contributed by atoms with Crippen LogP contribution in [0.3, 0.4) is 0 Å². The van der Waals surface area contributed by atoms with E-state index in [0.717, 1.165) is 52.9 Å². The molecule has 2 N–H and O–H groups in total. The van der Waals surface area contributed by atoms with Gasteiger partial charge in [0.2, 0.25) is 5.88 Å². The molecule has 0 aliphatic carbocycles. The smallest absolute Gasteiger partial charge is 0.262 e. The molecule has 2 aliphatic heterocycles. The number of aromatic nitrogens is 3. The molecule has 0 radical (unpaired) electrons. The number of aliphatic hydroxyl groups is 2. The SMILES string of the molecule is COc1nc(-c2cccc(-c3cccc(-c4ccn5c(=O)c(CN6CC[C@@H](O)C6)cnc5c4)c3Cl)c2Cl)ccc1CN1CC[C@@H](O)C1. The molecule has 5 heterocycles. The molecule has 0 unspecified atom stereocenters. The van der Waals surface area contributed by atoms with Gasteiger partial charge < -0.3 is 14.9 Å². The Labute approximate surface area is 282 Å². The van der Waals surface area contributed by atoms with E-state index >= 15 is 0 Å². The van der Waals surface area contributed by atoms with Crippen molar-refractivity contribution in [2.24, 2.45) is 0 Å². The van der Waals surface area contributed by atoms with E-state index < -0.39 is 0 Å². The summed E-state index contributed by atoms with van der Waals surface area (Å²) in [4.78, 5) is 26.9. The van der Waals surface area contributed by atoms with Crippen LogP contribution in [0.25, 0.3) is 39.2 Å². The molecule has 9 nitrogen and oxygen atoms in total. The van der Waals surface area contributed by atoms with Gasteiger partial charge >= 0.3 is 0 Å². The summed E-state index contributed by atoms with van der Waals surface area (Å²) in [5.74, 6) is 0.524. The highest BCUT2D eigenvalue weighted by molar-refractivity contribution is 6.39. The van der Waals surface area contributed by atoms with Crippen molar-refractivity contribution >= 4 is 28.8 Å². The average Bonchev–Trinajstić information content (AvgIpc) is 3.69. The maximum absolute atomic E-state index is 13.3. The molecular weight excluding hydrogens is 637 g/mol. The van der Waals surface area contributed by atoms with Gasteiger partial charge in [-0.25, -0.2) is 9.97 Å². The van der Waals surface area contributed by atoms with Crippen LogP contribution in [0.4, 0.5) is 0 Å². The third-order valence-electron chi connectivity index (χ3n) is 9.07. The van der Waals surface area contributed by atoms with Crippen molar-refractivity contribution in [3.05, 3.63) is 105 Å². The summed E-state index contributed by atoms with van der Waals surface area (Å²) in [6.45, 7) is 3.89. The quantitative estimate of drug-likeness (QED) is 0.222. The summed E-state index contributed by atoms with van der Waals surface area (Å²) in [5.41, 5.74) is 6.49. The molecule has 3 aromatic heterocycles. The zero-order chi connectivity index (χ0) is 32.7. The van der Waals surface area contributed by atoms with E-state index in [-0.39, 0.29) is 17.8 Å². The van der Waals surface area contributed by atoms with Crippen molar-refractivity contribution in [2.45, 2.75) is 38.1 Å². The Kier molecular flexibility index (Phi) is 9.02. The maximum atomic E-state index is 13.3. The van der Waals surface area contributed by atoms with Crippen LogP contribution >= 0.6 is 23.2 Å². The Bertz CT molecular complexity index is 2020. The first-order chi connectivity index (χ1) is 22.8. The number of benzene rings is 2. The number of hydrogen-bond acceptors (Lipinski definition) is 8. The Morgan fingerprint density at radius 3 is 2.09 bits per heavy atom. The van der Waals surface area contributed by atoms with E-state index in [1.807, 2.05) is 60.7 Å². The zero-order valence-electron chi connectivity index (χ0n) is 25.9. The second-order valence-electron chi connectivity index (χ2n) is 12.3. The van der Waals surface area contributed by atoms with Crippen LogP contribution in [0, 0.1) is 0 Å². The van der Waals surface area contributed by atoms with Crippen LogP contribution in [0.2, 0.25) is 10.0 Å². The first-order valence-electron chi connectivity index (χ1n) is 15.7. The number of nitrogens with zero attached hydrogens (tertiary/aromatic N) is 5. The molecule has 5 aromatic rings. The summed E-state index contributed by atoms with van der Waals surface area (Å²) >= 11 is 14.2. The van der Waals surface area contributed by atoms with Gasteiger partial charge in [-0.3, -0.25) is 19.0 Å². The molecule has 2 aromatic carbocycles. The summed E-state index contributed by atoms with van der Waals surface area (Å²) in [5, 5.41) is 20.8. The Morgan fingerprint density at radius 2 is 1.45 bits per heavy atom. The number of hydrogen-bond donors (Lipinski definition) is 2. The van der Waals surface area contributed by atoms with E-state index in [2.05, 4.69) is 14.8 Å². The molecule has 242 valence electrons. The molecular formula is C36H35Cl2N5O4. The molecule has 2 fully saturated rings. The number of ether oxygens (including phenoxy) is 1. The van der Waals surface area contributed by atoms with Gasteiger partial charge in [-0.05, 0) is 36.6 Å². The predicted molar refractivity (Wildman–Crippen MR) is 184 cm³/mol. The highest BCUT2D eigenvalue weighted by atomic mass is 35.5. The lowest BCUT2D eigenvalue weighted by Gasteiger charge is -2.18. The lowest BCUT2D eigenvalue weighted by Crippen LogP contribution is -2.27. The lowest BCUT2D eigenvalue weighted by molar-refractivity contribution is 0.174. The van der Waals surface area contributed by atoms with E-state index in [9.17, 15) is 15.0 Å². The van der Waals surface area contributed by atoms with Crippen molar-refractivity contribution in [2.75, 3.05) is 33.3 Å². The lowest BCUT2D eigenvalue weighted by atomic mass is 9.97. The van der Waals surface area contributed by atoms with Gasteiger partial charge in [0.1, 0.15) is 5.65 Å². The van der Waals surface area contributed by atoms with Gasteiger partial charge in [0.05, 0.1) is 40.6 Å². The number of rotatable bonds is 8. The number of halogens is 2. The zero-order valence-corrected chi connectivity index (χ0v) is 27.5. The van der Waals surface area contributed by atoms with Gasteiger partial charge in [0.15, 0.2) is 0 Å². The summed E-state index contributed by atoms with van der Waals surface area (Å²) in [6, 6.07) is 19.3. The van der Waals surface area contributed by atoms with Gasteiger partial charge in [-0.15, -0.1) is 0 Å². The van der Waals surface area contributed by atoms with Gasteiger partial charge in [0, 0.05) is 79.5 Å². The highest BCUT2D eigenvalue weighted by Gasteiger charge is 2.23. The summed E-state index contributed by atoms with van der Waals surface area (Å²) in [7, 11) is 1.61. The number of likely N-dealkylation sites (tertiary alicyclic amines) is 2. The summed E-state index contributed by atoms with van der Waals surface area (Å²) < 4.78 is 7.21. The number of methoxy groups -OCH3 is 1. The number of aliphatic hydroxyl groups excluding tert-OH is 2. The molecule has 2 aliphatic rings. The minimum atomic E-state index is -0.347. The third kappa shape index (κ3) is 6.39. The number of β-amino-alcohol motifs (C(OH)–C–C–N with tert-alkyl or cyclic N) is 2. The average molecular weight is 673 g/mol. The Balaban J connectivity index is 1.18. The summed E-state index contributed by atoms with van der Waals surface area (Å²) in [6.07, 6.45) is 4.20. The molecule has 7 rings (SSSR count). The highest BCUT2D eigenvalue weighted by Crippen LogP contribution is 2.42. The van der Waals surface area contributed by atoms with Crippen LogP contribution < -0.4 is 10.3 Å². The Morgan fingerprint density at radius 1 is 0.830 bits per heavy atom. The molecule has 47 heavy (non-hydrogen) atoms. The minimum Gasteiger partial charge on any atom is -0.481 e.